The molecule has 2 amide bonds. The first-order chi connectivity index (χ1) is 10.8. The molecule has 1 aromatic heterocycles. The number of nitrogens with zero attached hydrogens (tertiary/aromatic N) is 2. The molecule has 23 heavy (non-hydrogen) atoms. The van der Waals surface area contributed by atoms with E-state index in [1.807, 2.05) is 0 Å². The highest BCUT2D eigenvalue weighted by Gasteiger charge is 2.28. The van der Waals surface area contributed by atoms with Crippen LogP contribution < -0.4 is 0 Å². The number of likely N-dealkylation sites (N-methyl/N-ethyl adjacent to an activating group) is 1. The van der Waals surface area contributed by atoms with Gasteiger partial charge in [-0.05, 0) is 18.9 Å². The summed E-state index contributed by atoms with van der Waals surface area (Å²) < 4.78 is 0.704. The fourth-order valence-electron chi connectivity index (χ4n) is 2.44. The number of carbonyl (C=O) groups is 3. The maximum absolute atomic E-state index is 12.3. The van der Waals surface area contributed by atoms with E-state index in [9.17, 15) is 14.4 Å². The first-order valence-corrected chi connectivity index (χ1v) is 8.57. The van der Waals surface area contributed by atoms with Gasteiger partial charge in [0.25, 0.3) is 5.91 Å². The molecular formula is C14H16Cl2N2O4S. The van der Waals surface area contributed by atoms with Gasteiger partial charge in [0.2, 0.25) is 5.91 Å². The van der Waals surface area contributed by atoms with Gasteiger partial charge >= 0.3 is 5.97 Å². The van der Waals surface area contributed by atoms with Crippen LogP contribution >= 0.6 is 34.5 Å². The van der Waals surface area contributed by atoms with E-state index in [4.69, 9.17) is 28.3 Å². The van der Waals surface area contributed by atoms with Gasteiger partial charge in [0.15, 0.2) is 0 Å². The van der Waals surface area contributed by atoms with Gasteiger partial charge in [-0.1, -0.05) is 23.2 Å². The third kappa shape index (κ3) is 4.37. The molecule has 0 bridgehead atoms. The van der Waals surface area contributed by atoms with Gasteiger partial charge < -0.3 is 14.9 Å². The first kappa shape index (κ1) is 18.0. The van der Waals surface area contributed by atoms with Gasteiger partial charge in [0.05, 0.1) is 22.4 Å². The molecular weight excluding hydrogens is 363 g/mol. The number of rotatable bonds is 4. The zero-order valence-corrected chi connectivity index (χ0v) is 14.7. The number of hydrogen-bond acceptors (Lipinski definition) is 4. The Kier molecular flexibility index (Phi) is 5.89. The van der Waals surface area contributed by atoms with Gasteiger partial charge in [-0.2, -0.15) is 0 Å². The Balaban J connectivity index is 1.91. The number of carbonyl (C=O) groups excluding carboxylic acids is 2. The quantitative estimate of drug-likeness (QED) is 0.872. The third-order valence-electron chi connectivity index (χ3n) is 3.80. The minimum atomic E-state index is -0.826. The lowest BCUT2D eigenvalue weighted by Crippen LogP contribution is -2.45. The minimum absolute atomic E-state index is 0.0830. The number of amides is 2. The van der Waals surface area contributed by atoms with Gasteiger partial charge in [-0.3, -0.25) is 14.4 Å². The molecule has 126 valence electrons. The van der Waals surface area contributed by atoms with E-state index in [1.54, 1.807) is 4.90 Å². The maximum Gasteiger partial charge on any atom is 0.306 e. The van der Waals surface area contributed by atoms with Crippen molar-refractivity contribution in [2.75, 3.05) is 26.7 Å². The molecule has 0 aromatic carbocycles. The fraction of sp³-hybridized carbons (Fsp3) is 0.500. The lowest BCUT2D eigenvalue weighted by molar-refractivity contribution is -0.145. The van der Waals surface area contributed by atoms with Crippen LogP contribution in [0.4, 0.5) is 0 Å². The lowest BCUT2D eigenvalue weighted by atomic mass is 9.97. The van der Waals surface area contributed by atoms with Crippen molar-refractivity contribution in [2.24, 2.45) is 5.92 Å². The van der Waals surface area contributed by atoms with Gasteiger partial charge in [-0.25, -0.2) is 0 Å². The molecule has 0 spiro atoms. The van der Waals surface area contributed by atoms with Crippen molar-refractivity contribution >= 4 is 52.3 Å². The minimum Gasteiger partial charge on any atom is -0.481 e. The number of carboxylic acids is 1. The summed E-state index contributed by atoms with van der Waals surface area (Å²) in [7, 11) is 1.52. The Morgan fingerprint density at radius 3 is 2.43 bits per heavy atom. The highest BCUT2D eigenvalue weighted by molar-refractivity contribution is 7.20. The second-order valence-electron chi connectivity index (χ2n) is 5.39. The van der Waals surface area contributed by atoms with Crippen LogP contribution in [0.2, 0.25) is 8.67 Å². The molecule has 0 saturated carbocycles. The van der Waals surface area contributed by atoms with Crippen LogP contribution in [0.25, 0.3) is 0 Å². The topological polar surface area (TPSA) is 77.9 Å². The molecule has 2 heterocycles. The van der Waals surface area contributed by atoms with Gasteiger partial charge in [0.1, 0.15) is 4.34 Å². The number of hydrogen-bond donors (Lipinski definition) is 1. The Labute approximate surface area is 147 Å². The molecule has 1 fully saturated rings. The Hall–Kier alpha value is -1.31. The van der Waals surface area contributed by atoms with E-state index in [0.717, 1.165) is 11.3 Å². The van der Waals surface area contributed by atoms with Crippen LogP contribution in [0.15, 0.2) is 6.07 Å². The summed E-state index contributed by atoms with van der Waals surface area (Å²) in [6.45, 7) is 0.700. The van der Waals surface area contributed by atoms with E-state index < -0.39 is 11.9 Å². The van der Waals surface area contributed by atoms with Crippen LogP contribution in [0.3, 0.4) is 0 Å². The first-order valence-electron chi connectivity index (χ1n) is 7.00. The van der Waals surface area contributed by atoms with Crippen LogP contribution in [0.5, 0.6) is 0 Å². The number of likely N-dealkylation sites (tertiary alicyclic amines) is 1. The van der Waals surface area contributed by atoms with E-state index in [1.165, 1.54) is 18.0 Å². The molecule has 1 saturated heterocycles. The average molecular weight is 379 g/mol. The maximum atomic E-state index is 12.3. The second-order valence-corrected chi connectivity index (χ2v) is 7.68. The number of thiophene rings is 1. The normalized spacial score (nSPS) is 15.5. The summed E-state index contributed by atoms with van der Waals surface area (Å²) in [5.74, 6) is -1.80. The van der Waals surface area contributed by atoms with E-state index in [-0.39, 0.29) is 23.9 Å². The third-order valence-corrected chi connectivity index (χ3v) is 5.29. The molecule has 1 N–H and O–H groups in total. The highest BCUT2D eigenvalue weighted by Crippen LogP contribution is 2.31. The lowest BCUT2D eigenvalue weighted by Gasteiger charge is -2.31. The number of carboxylic acid groups (broad SMARTS) is 1. The van der Waals surface area contributed by atoms with Crippen LogP contribution in [0.1, 0.15) is 23.2 Å². The molecule has 2 rings (SSSR count). The summed E-state index contributed by atoms with van der Waals surface area (Å²) >= 11 is 12.9. The molecule has 6 nitrogen and oxygen atoms in total. The predicted molar refractivity (Wildman–Crippen MR) is 88.2 cm³/mol. The molecule has 1 aliphatic heterocycles. The summed E-state index contributed by atoms with van der Waals surface area (Å²) in [5.41, 5.74) is 0.279. The smallest absolute Gasteiger partial charge is 0.306 e. The van der Waals surface area contributed by atoms with Gasteiger partial charge in [0, 0.05) is 20.1 Å². The number of aliphatic carboxylic acids is 1. The molecule has 0 aliphatic carbocycles. The standard InChI is InChI=1S/C14H16Cl2N2O4S/c1-17(13(20)9-6-10(15)23-12(9)16)7-11(19)18-4-2-8(3-5-18)14(21)22/h6,8H,2-5,7H2,1H3,(H,21,22). The van der Waals surface area contributed by atoms with E-state index in [0.29, 0.717) is 34.6 Å². The van der Waals surface area contributed by atoms with Crippen molar-refractivity contribution < 1.29 is 19.5 Å². The van der Waals surface area contributed by atoms with Crippen molar-refractivity contribution in [3.05, 3.63) is 20.3 Å². The van der Waals surface area contributed by atoms with Crippen molar-refractivity contribution in [1.29, 1.82) is 0 Å². The summed E-state index contributed by atoms with van der Waals surface area (Å²) in [6, 6.07) is 1.48. The summed E-state index contributed by atoms with van der Waals surface area (Å²) in [4.78, 5) is 38.3. The monoisotopic (exact) mass is 378 g/mol. The molecule has 1 aromatic rings. The van der Waals surface area contributed by atoms with E-state index in [2.05, 4.69) is 0 Å². The van der Waals surface area contributed by atoms with Crippen LogP contribution in [-0.2, 0) is 9.59 Å². The highest BCUT2D eigenvalue weighted by atomic mass is 35.5. The molecule has 0 atom stereocenters. The average Bonchev–Trinajstić information content (AvgIpc) is 2.85. The van der Waals surface area contributed by atoms with Crippen molar-refractivity contribution in [1.82, 2.24) is 9.80 Å². The molecule has 0 unspecified atom stereocenters. The van der Waals surface area contributed by atoms with Crippen LogP contribution in [0, 0.1) is 5.92 Å². The number of halogens is 2. The van der Waals surface area contributed by atoms with Crippen molar-refractivity contribution in [3.63, 3.8) is 0 Å². The fourth-order valence-corrected chi connectivity index (χ4v) is 3.89. The van der Waals surface area contributed by atoms with Crippen molar-refractivity contribution in [2.45, 2.75) is 12.8 Å². The summed E-state index contributed by atoms with van der Waals surface area (Å²) in [6.07, 6.45) is 0.870. The van der Waals surface area contributed by atoms with Crippen molar-refractivity contribution in [3.8, 4) is 0 Å². The van der Waals surface area contributed by atoms with E-state index >= 15 is 0 Å². The number of piperidine rings is 1. The largest absolute Gasteiger partial charge is 0.481 e. The van der Waals surface area contributed by atoms with Gasteiger partial charge in [-0.15, -0.1) is 11.3 Å². The zero-order chi connectivity index (χ0) is 17.1. The van der Waals surface area contributed by atoms with Crippen LogP contribution in [-0.4, -0.2) is 59.4 Å². The molecule has 1 aliphatic rings. The molecule has 0 radical (unpaired) electrons. The SMILES string of the molecule is CN(CC(=O)N1CCC(C(=O)O)CC1)C(=O)c1cc(Cl)sc1Cl. The molecule has 9 heteroatoms. The Morgan fingerprint density at radius 2 is 1.96 bits per heavy atom. The predicted octanol–water partition coefficient (Wildman–Crippen LogP) is 2.45. The Bertz CT molecular complexity index is 626. The Morgan fingerprint density at radius 1 is 1.35 bits per heavy atom. The zero-order valence-electron chi connectivity index (χ0n) is 12.4. The summed E-state index contributed by atoms with van der Waals surface area (Å²) in [5, 5.41) is 8.96. The second kappa shape index (κ2) is 7.51.